The standard InChI is InChI=1S/C19H24ClN3O2S/c1-12(2)21-17(24)11-26-19-22-16-10-13(20)8-9-15(16)18(25)23(19)14-6-4-3-5-7-14/h8-10,12,14H,3-7,11H2,1-2H3,(H,21,24). The molecule has 2 aromatic rings. The van der Waals surface area contributed by atoms with Crippen LogP contribution in [0.5, 0.6) is 0 Å². The number of hydrogen-bond donors (Lipinski definition) is 1. The van der Waals surface area contributed by atoms with E-state index in [1.807, 2.05) is 18.4 Å². The van der Waals surface area contributed by atoms with Crippen molar-refractivity contribution < 1.29 is 4.79 Å². The first-order valence-electron chi connectivity index (χ1n) is 9.09. The molecule has 0 saturated heterocycles. The van der Waals surface area contributed by atoms with Gasteiger partial charge in [-0.25, -0.2) is 4.98 Å². The molecule has 0 atom stereocenters. The van der Waals surface area contributed by atoms with Crippen LogP contribution in [0.3, 0.4) is 0 Å². The molecule has 140 valence electrons. The third kappa shape index (κ3) is 4.41. The summed E-state index contributed by atoms with van der Waals surface area (Å²) in [5.74, 6) is 0.185. The predicted molar refractivity (Wildman–Crippen MR) is 107 cm³/mol. The fourth-order valence-corrected chi connectivity index (χ4v) is 4.45. The second kappa shape index (κ2) is 8.44. The molecule has 1 aromatic heterocycles. The molecule has 1 N–H and O–H groups in total. The van der Waals surface area contributed by atoms with Gasteiger partial charge in [0.05, 0.1) is 16.7 Å². The molecular formula is C19H24ClN3O2S. The summed E-state index contributed by atoms with van der Waals surface area (Å²) in [7, 11) is 0. The van der Waals surface area contributed by atoms with Gasteiger partial charge in [-0.2, -0.15) is 0 Å². The monoisotopic (exact) mass is 393 g/mol. The first-order chi connectivity index (χ1) is 12.5. The number of thioether (sulfide) groups is 1. The Morgan fingerprint density at radius 2 is 2.08 bits per heavy atom. The van der Waals surface area contributed by atoms with Crippen LogP contribution in [0.1, 0.15) is 52.0 Å². The average molecular weight is 394 g/mol. The lowest BCUT2D eigenvalue weighted by Crippen LogP contribution is -2.32. The average Bonchev–Trinajstić information content (AvgIpc) is 2.60. The summed E-state index contributed by atoms with van der Waals surface area (Å²) >= 11 is 7.40. The van der Waals surface area contributed by atoms with Crippen molar-refractivity contribution in [3.05, 3.63) is 33.6 Å². The molecule has 0 spiro atoms. The van der Waals surface area contributed by atoms with Gasteiger partial charge in [0.1, 0.15) is 0 Å². The topological polar surface area (TPSA) is 64.0 Å². The summed E-state index contributed by atoms with van der Waals surface area (Å²) in [6.07, 6.45) is 5.40. The number of hydrogen-bond acceptors (Lipinski definition) is 4. The van der Waals surface area contributed by atoms with E-state index in [4.69, 9.17) is 11.6 Å². The maximum atomic E-state index is 13.1. The zero-order valence-electron chi connectivity index (χ0n) is 15.1. The van der Waals surface area contributed by atoms with E-state index in [9.17, 15) is 9.59 Å². The molecule has 1 aliphatic rings. The Balaban J connectivity index is 2.00. The fraction of sp³-hybridized carbons (Fsp3) is 0.526. The molecule has 1 heterocycles. The largest absolute Gasteiger partial charge is 0.353 e. The summed E-state index contributed by atoms with van der Waals surface area (Å²) in [4.78, 5) is 29.9. The third-order valence-corrected chi connectivity index (χ3v) is 5.74. The van der Waals surface area contributed by atoms with Crippen LogP contribution in [0.2, 0.25) is 5.02 Å². The highest BCUT2D eigenvalue weighted by Gasteiger charge is 2.22. The van der Waals surface area contributed by atoms with E-state index in [2.05, 4.69) is 10.3 Å². The minimum absolute atomic E-state index is 0.0367. The van der Waals surface area contributed by atoms with Crippen molar-refractivity contribution >= 4 is 40.2 Å². The molecule has 26 heavy (non-hydrogen) atoms. The van der Waals surface area contributed by atoms with E-state index in [0.717, 1.165) is 25.7 Å². The zero-order chi connectivity index (χ0) is 18.7. The number of nitrogens with zero attached hydrogens (tertiary/aromatic N) is 2. The highest BCUT2D eigenvalue weighted by Crippen LogP contribution is 2.31. The number of benzene rings is 1. The van der Waals surface area contributed by atoms with Gasteiger partial charge in [0, 0.05) is 17.1 Å². The Hall–Kier alpha value is -1.53. The van der Waals surface area contributed by atoms with Crippen LogP contribution in [-0.2, 0) is 4.79 Å². The molecule has 1 amide bonds. The Bertz CT molecular complexity index is 860. The van der Waals surface area contributed by atoms with Crippen LogP contribution in [0.25, 0.3) is 10.9 Å². The minimum atomic E-state index is -0.0550. The second-order valence-corrected chi connectivity index (χ2v) is 8.41. The molecule has 0 bridgehead atoms. The Morgan fingerprint density at radius 3 is 2.77 bits per heavy atom. The Kier molecular flexibility index (Phi) is 6.24. The molecule has 7 heteroatoms. The molecule has 0 aliphatic heterocycles. The summed E-state index contributed by atoms with van der Waals surface area (Å²) in [5.41, 5.74) is 0.548. The van der Waals surface area contributed by atoms with Gasteiger partial charge in [-0.15, -0.1) is 0 Å². The highest BCUT2D eigenvalue weighted by atomic mass is 35.5. The summed E-state index contributed by atoms with van der Waals surface area (Å²) in [5, 5.41) is 4.61. The molecule has 0 radical (unpaired) electrons. The Labute approximate surface area is 162 Å². The van der Waals surface area contributed by atoms with Gasteiger partial charge < -0.3 is 5.32 Å². The molecule has 1 aliphatic carbocycles. The van der Waals surface area contributed by atoms with Crippen LogP contribution >= 0.6 is 23.4 Å². The van der Waals surface area contributed by atoms with Crippen LogP contribution in [0.15, 0.2) is 28.2 Å². The smallest absolute Gasteiger partial charge is 0.262 e. The molecule has 3 rings (SSSR count). The normalized spacial score (nSPS) is 15.5. The van der Waals surface area contributed by atoms with Crippen LogP contribution in [-0.4, -0.2) is 27.3 Å². The number of carbonyl (C=O) groups excluding carboxylic acids is 1. The van der Waals surface area contributed by atoms with Crippen LogP contribution < -0.4 is 10.9 Å². The van der Waals surface area contributed by atoms with Gasteiger partial charge in [0.2, 0.25) is 5.91 Å². The van der Waals surface area contributed by atoms with Crippen molar-refractivity contribution in [2.45, 2.75) is 63.2 Å². The van der Waals surface area contributed by atoms with Crippen molar-refractivity contribution in [1.29, 1.82) is 0 Å². The van der Waals surface area contributed by atoms with Crippen molar-refractivity contribution in [1.82, 2.24) is 14.9 Å². The number of aromatic nitrogens is 2. The summed E-state index contributed by atoms with van der Waals surface area (Å²) < 4.78 is 1.81. The van der Waals surface area contributed by atoms with E-state index in [-0.39, 0.29) is 29.3 Å². The van der Waals surface area contributed by atoms with Gasteiger partial charge in [0.15, 0.2) is 5.16 Å². The summed E-state index contributed by atoms with van der Waals surface area (Å²) in [6.45, 7) is 3.85. The number of fused-ring (bicyclic) bond motifs is 1. The van der Waals surface area contributed by atoms with Crippen molar-refractivity contribution in [3.63, 3.8) is 0 Å². The zero-order valence-corrected chi connectivity index (χ0v) is 16.7. The first kappa shape index (κ1) is 19.2. The SMILES string of the molecule is CC(C)NC(=O)CSc1nc2cc(Cl)ccc2c(=O)n1C1CCCCC1. The van der Waals surface area contributed by atoms with E-state index in [0.29, 0.717) is 21.1 Å². The molecule has 1 aromatic carbocycles. The second-order valence-electron chi connectivity index (χ2n) is 7.03. The Morgan fingerprint density at radius 1 is 1.35 bits per heavy atom. The number of halogens is 1. The van der Waals surface area contributed by atoms with Crippen molar-refractivity contribution in [2.24, 2.45) is 0 Å². The number of amides is 1. The molecule has 0 unspecified atom stereocenters. The number of nitrogens with one attached hydrogen (secondary N) is 1. The van der Waals surface area contributed by atoms with E-state index in [1.165, 1.54) is 18.2 Å². The van der Waals surface area contributed by atoms with Gasteiger partial charge in [0.25, 0.3) is 5.56 Å². The maximum absolute atomic E-state index is 13.1. The first-order valence-corrected chi connectivity index (χ1v) is 10.5. The number of rotatable bonds is 5. The van der Waals surface area contributed by atoms with Gasteiger partial charge >= 0.3 is 0 Å². The van der Waals surface area contributed by atoms with E-state index >= 15 is 0 Å². The quantitative estimate of drug-likeness (QED) is 0.611. The van der Waals surface area contributed by atoms with Crippen molar-refractivity contribution in [3.8, 4) is 0 Å². The lowest BCUT2D eigenvalue weighted by atomic mass is 9.95. The predicted octanol–water partition coefficient (Wildman–Crippen LogP) is 4.17. The van der Waals surface area contributed by atoms with Crippen LogP contribution in [0, 0.1) is 0 Å². The van der Waals surface area contributed by atoms with Gasteiger partial charge in [-0.05, 0) is 44.9 Å². The minimum Gasteiger partial charge on any atom is -0.353 e. The third-order valence-electron chi connectivity index (χ3n) is 4.55. The molecule has 1 saturated carbocycles. The number of carbonyl (C=O) groups is 1. The highest BCUT2D eigenvalue weighted by molar-refractivity contribution is 7.99. The van der Waals surface area contributed by atoms with Crippen molar-refractivity contribution in [2.75, 3.05) is 5.75 Å². The van der Waals surface area contributed by atoms with Gasteiger partial charge in [-0.1, -0.05) is 42.6 Å². The lowest BCUT2D eigenvalue weighted by Gasteiger charge is -2.26. The molecule has 1 fully saturated rings. The summed E-state index contributed by atoms with van der Waals surface area (Å²) in [6, 6.07) is 5.42. The molecular weight excluding hydrogens is 370 g/mol. The lowest BCUT2D eigenvalue weighted by molar-refractivity contribution is -0.119. The van der Waals surface area contributed by atoms with E-state index < -0.39 is 0 Å². The van der Waals surface area contributed by atoms with Crippen LogP contribution in [0.4, 0.5) is 0 Å². The fourth-order valence-electron chi connectivity index (χ4n) is 3.41. The maximum Gasteiger partial charge on any atom is 0.262 e. The van der Waals surface area contributed by atoms with Gasteiger partial charge in [-0.3, -0.25) is 14.2 Å². The molecule has 5 nitrogen and oxygen atoms in total. The van der Waals surface area contributed by atoms with E-state index in [1.54, 1.807) is 18.2 Å².